The molecule has 0 fully saturated rings. The summed E-state index contributed by atoms with van der Waals surface area (Å²) in [6.07, 6.45) is 0.316. The molecule has 4 rings (SSSR count). The first-order valence-corrected chi connectivity index (χ1v) is 11.8. The molecule has 0 radical (unpaired) electrons. The van der Waals surface area contributed by atoms with Crippen molar-refractivity contribution < 1.29 is 32.0 Å². The monoisotopic (exact) mass is 482 g/mol. The zero-order valence-corrected chi connectivity index (χ0v) is 19.6. The summed E-state index contributed by atoms with van der Waals surface area (Å²) in [4.78, 5) is 24.8. The SMILES string of the molecule is COc1c(OS(=O)(=O)c2ccc(C)cc2)cc2c(c1OC)-c1ccc(=O)c(O)cc1C(=O)CC2. The van der Waals surface area contributed by atoms with Crippen molar-refractivity contribution in [2.45, 2.75) is 24.7 Å². The van der Waals surface area contributed by atoms with Crippen molar-refractivity contribution in [2.75, 3.05) is 14.2 Å². The molecule has 0 amide bonds. The first-order valence-electron chi connectivity index (χ1n) is 10.4. The van der Waals surface area contributed by atoms with E-state index in [0.717, 1.165) is 17.7 Å². The minimum atomic E-state index is -4.19. The first kappa shape index (κ1) is 23.3. The molecule has 0 bridgehead atoms. The van der Waals surface area contributed by atoms with Gasteiger partial charge in [0.05, 0.1) is 14.2 Å². The van der Waals surface area contributed by atoms with E-state index >= 15 is 0 Å². The van der Waals surface area contributed by atoms with Crippen molar-refractivity contribution in [3.8, 4) is 34.1 Å². The van der Waals surface area contributed by atoms with Gasteiger partial charge in [0.1, 0.15) is 4.90 Å². The van der Waals surface area contributed by atoms with Crippen molar-refractivity contribution in [2.24, 2.45) is 0 Å². The lowest BCUT2D eigenvalue weighted by Crippen LogP contribution is -2.11. The van der Waals surface area contributed by atoms with E-state index in [1.165, 1.54) is 38.5 Å². The van der Waals surface area contributed by atoms with Crippen LogP contribution in [-0.4, -0.2) is 33.5 Å². The van der Waals surface area contributed by atoms with E-state index in [1.807, 2.05) is 6.92 Å². The number of carbonyl (C=O) groups is 1. The Morgan fingerprint density at radius 1 is 0.853 bits per heavy atom. The Hall–Kier alpha value is -3.85. The maximum absolute atomic E-state index is 12.9. The van der Waals surface area contributed by atoms with Crippen LogP contribution in [0.4, 0.5) is 0 Å². The number of aryl methyl sites for hydroxylation is 2. The summed E-state index contributed by atoms with van der Waals surface area (Å²) in [6, 6.07) is 11.4. The molecule has 3 aromatic rings. The molecule has 0 aromatic heterocycles. The van der Waals surface area contributed by atoms with Crippen LogP contribution in [0.1, 0.15) is 27.9 Å². The topological polar surface area (TPSA) is 116 Å². The molecule has 0 aliphatic heterocycles. The fourth-order valence-corrected chi connectivity index (χ4v) is 4.86. The molecule has 1 aliphatic carbocycles. The van der Waals surface area contributed by atoms with Crippen molar-refractivity contribution in [3.05, 3.63) is 75.4 Å². The van der Waals surface area contributed by atoms with Gasteiger partial charge >= 0.3 is 10.1 Å². The third-order valence-electron chi connectivity index (χ3n) is 5.62. The Morgan fingerprint density at radius 2 is 1.53 bits per heavy atom. The van der Waals surface area contributed by atoms with Crippen LogP contribution in [0.25, 0.3) is 11.1 Å². The Kier molecular flexibility index (Phi) is 6.05. The van der Waals surface area contributed by atoms with Gasteiger partial charge in [-0.1, -0.05) is 17.7 Å². The van der Waals surface area contributed by atoms with Crippen LogP contribution >= 0.6 is 0 Å². The second-order valence-corrected chi connectivity index (χ2v) is 9.35. The van der Waals surface area contributed by atoms with Gasteiger partial charge in [0.25, 0.3) is 0 Å². The molecule has 9 heteroatoms. The highest BCUT2D eigenvalue weighted by Gasteiger charge is 2.30. The molecule has 1 N–H and O–H groups in total. The number of fused-ring (bicyclic) bond motifs is 3. The highest BCUT2D eigenvalue weighted by Crippen LogP contribution is 2.49. The normalized spacial score (nSPS) is 12.9. The summed E-state index contributed by atoms with van der Waals surface area (Å²) in [6.45, 7) is 1.84. The smallest absolute Gasteiger partial charge is 0.339 e. The lowest BCUT2D eigenvalue weighted by atomic mass is 9.96. The number of rotatable bonds is 5. The highest BCUT2D eigenvalue weighted by molar-refractivity contribution is 7.87. The molecule has 176 valence electrons. The van der Waals surface area contributed by atoms with E-state index < -0.39 is 21.3 Å². The van der Waals surface area contributed by atoms with Crippen LogP contribution in [0.15, 0.2) is 58.2 Å². The number of aromatic hydroxyl groups is 1. The summed E-state index contributed by atoms with van der Waals surface area (Å²) in [7, 11) is -1.48. The van der Waals surface area contributed by atoms with Crippen LogP contribution < -0.4 is 19.1 Å². The van der Waals surface area contributed by atoms with Crippen molar-refractivity contribution in [1.82, 2.24) is 0 Å². The molecule has 0 spiro atoms. The first-order chi connectivity index (χ1) is 16.2. The number of carbonyl (C=O) groups excluding carboxylic acids is 1. The van der Waals surface area contributed by atoms with E-state index in [-0.39, 0.29) is 46.3 Å². The summed E-state index contributed by atoms with van der Waals surface area (Å²) < 4.78 is 42.4. The van der Waals surface area contributed by atoms with Crippen LogP contribution in [0.2, 0.25) is 0 Å². The van der Waals surface area contributed by atoms with Crippen molar-refractivity contribution >= 4 is 15.9 Å². The van der Waals surface area contributed by atoms with Gasteiger partial charge in [-0.25, -0.2) is 0 Å². The third kappa shape index (κ3) is 4.10. The molecule has 0 saturated carbocycles. The zero-order valence-electron chi connectivity index (χ0n) is 18.7. The van der Waals surface area contributed by atoms with Gasteiger partial charge in [-0.15, -0.1) is 0 Å². The van der Waals surface area contributed by atoms with E-state index in [0.29, 0.717) is 16.7 Å². The molecule has 0 atom stereocenters. The van der Waals surface area contributed by atoms with E-state index in [4.69, 9.17) is 13.7 Å². The zero-order chi connectivity index (χ0) is 24.6. The van der Waals surface area contributed by atoms with Gasteiger partial charge in [-0.05, 0) is 60.9 Å². The standard InChI is InChI=1S/C25H22O8S/c1-14-4-7-16(8-5-14)34(29,30)33-22-12-15-6-10-19(26)18-13-21(28)20(27)11-9-17(18)23(15)25(32-3)24(22)31-2/h4-5,7-9,11-13H,6,10H2,1-3H3,(H,27,28). The molecule has 1 aliphatic rings. The summed E-state index contributed by atoms with van der Waals surface area (Å²) in [5.41, 5.74) is 1.79. The molecule has 8 nitrogen and oxygen atoms in total. The maximum atomic E-state index is 12.9. The summed E-state index contributed by atoms with van der Waals surface area (Å²) in [5, 5.41) is 10.0. The van der Waals surface area contributed by atoms with Crippen LogP contribution in [-0.2, 0) is 16.5 Å². The third-order valence-corrected chi connectivity index (χ3v) is 6.87. The second kappa shape index (κ2) is 8.83. The van der Waals surface area contributed by atoms with Gasteiger partial charge in [-0.3, -0.25) is 9.59 Å². The van der Waals surface area contributed by atoms with Gasteiger partial charge in [0.2, 0.25) is 11.2 Å². The molecule has 0 saturated heterocycles. The number of ketones is 1. The fraction of sp³-hybridized carbons (Fsp3) is 0.200. The predicted molar refractivity (Wildman–Crippen MR) is 125 cm³/mol. The number of hydrogen-bond donors (Lipinski definition) is 1. The van der Waals surface area contributed by atoms with Gasteiger partial charge in [-0.2, -0.15) is 8.42 Å². The molecule has 34 heavy (non-hydrogen) atoms. The Labute approximate surface area is 196 Å². The minimum absolute atomic E-state index is 0.00955. The Morgan fingerprint density at radius 3 is 2.18 bits per heavy atom. The van der Waals surface area contributed by atoms with E-state index in [1.54, 1.807) is 12.1 Å². The number of ether oxygens (including phenoxy) is 2. The van der Waals surface area contributed by atoms with Crippen LogP contribution in [0.5, 0.6) is 23.0 Å². The number of benzene rings is 2. The Bertz CT molecular complexity index is 1460. The maximum Gasteiger partial charge on any atom is 0.339 e. The number of methoxy groups -OCH3 is 2. The largest absolute Gasteiger partial charge is 0.504 e. The fourth-order valence-electron chi connectivity index (χ4n) is 3.93. The van der Waals surface area contributed by atoms with Crippen molar-refractivity contribution in [3.63, 3.8) is 0 Å². The van der Waals surface area contributed by atoms with Crippen molar-refractivity contribution in [1.29, 1.82) is 0 Å². The van der Waals surface area contributed by atoms with Crippen LogP contribution in [0, 0.1) is 6.92 Å². The molecular formula is C25H22O8S. The quantitative estimate of drug-likeness (QED) is 0.548. The van der Waals surface area contributed by atoms with Gasteiger partial charge in [0, 0.05) is 17.5 Å². The predicted octanol–water partition coefficient (Wildman–Crippen LogP) is 3.64. The van der Waals surface area contributed by atoms with E-state index in [2.05, 4.69) is 0 Å². The minimum Gasteiger partial charge on any atom is -0.504 e. The van der Waals surface area contributed by atoms with Crippen LogP contribution in [0.3, 0.4) is 0 Å². The molecule has 0 heterocycles. The number of hydrogen-bond acceptors (Lipinski definition) is 8. The summed E-state index contributed by atoms with van der Waals surface area (Å²) in [5.74, 6) is -0.776. The summed E-state index contributed by atoms with van der Waals surface area (Å²) >= 11 is 0. The Balaban J connectivity index is 1.96. The average Bonchev–Trinajstić information content (AvgIpc) is 3.03. The number of Topliss-reactive ketones (excluding diaryl/α,β-unsaturated/α-hetero) is 1. The highest BCUT2D eigenvalue weighted by atomic mass is 32.2. The molecule has 3 aromatic carbocycles. The molecule has 0 unspecified atom stereocenters. The van der Waals surface area contributed by atoms with Gasteiger partial charge in [0.15, 0.2) is 23.0 Å². The molecular weight excluding hydrogens is 460 g/mol. The van der Waals surface area contributed by atoms with E-state index in [9.17, 15) is 23.1 Å². The second-order valence-electron chi connectivity index (χ2n) is 7.80. The van der Waals surface area contributed by atoms with Gasteiger partial charge < -0.3 is 18.8 Å². The lowest BCUT2D eigenvalue weighted by Gasteiger charge is -2.19. The average molecular weight is 483 g/mol. The lowest BCUT2D eigenvalue weighted by molar-refractivity contribution is 0.0984.